The fraction of sp³-hybridized carbons (Fsp3) is 0.647. The van der Waals surface area contributed by atoms with E-state index in [2.05, 4.69) is 55.3 Å². The van der Waals surface area contributed by atoms with Gasteiger partial charge in [-0.05, 0) is 50.3 Å². The molecular formula is C17H28N2. The number of aryl methyl sites for hydroxylation is 1. The van der Waals surface area contributed by atoms with Crippen LogP contribution in [0.4, 0.5) is 5.69 Å². The van der Waals surface area contributed by atoms with E-state index in [1.807, 2.05) is 0 Å². The van der Waals surface area contributed by atoms with Crippen LogP contribution in [0.15, 0.2) is 24.3 Å². The lowest BCUT2D eigenvalue weighted by Gasteiger charge is -2.26. The first-order valence-electron chi connectivity index (χ1n) is 7.70. The lowest BCUT2D eigenvalue weighted by Crippen LogP contribution is -2.30. The van der Waals surface area contributed by atoms with Crippen LogP contribution in [0.1, 0.15) is 38.7 Å². The summed E-state index contributed by atoms with van der Waals surface area (Å²) < 4.78 is 0. The van der Waals surface area contributed by atoms with Crippen LogP contribution in [-0.2, 0) is 0 Å². The molecule has 1 aromatic rings. The normalized spacial score (nSPS) is 18.7. The molecule has 0 radical (unpaired) electrons. The molecule has 1 fully saturated rings. The topological polar surface area (TPSA) is 15.3 Å². The highest BCUT2D eigenvalue weighted by atomic mass is 15.2. The third kappa shape index (κ3) is 3.73. The summed E-state index contributed by atoms with van der Waals surface area (Å²) in [7, 11) is 0. The Balaban J connectivity index is 1.74. The average molecular weight is 260 g/mol. The Morgan fingerprint density at radius 3 is 2.42 bits per heavy atom. The molecule has 0 saturated carbocycles. The number of hydrogen-bond donors (Lipinski definition) is 1. The van der Waals surface area contributed by atoms with Crippen LogP contribution in [0.2, 0.25) is 0 Å². The van der Waals surface area contributed by atoms with Crippen molar-refractivity contribution in [1.82, 2.24) is 4.90 Å². The molecule has 0 bridgehead atoms. The van der Waals surface area contributed by atoms with Gasteiger partial charge in [0.15, 0.2) is 0 Å². The van der Waals surface area contributed by atoms with Gasteiger partial charge in [-0.25, -0.2) is 0 Å². The zero-order valence-corrected chi connectivity index (χ0v) is 12.7. The van der Waals surface area contributed by atoms with Crippen molar-refractivity contribution in [3.05, 3.63) is 29.8 Å². The molecule has 106 valence electrons. The van der Waals surface area contributed by atoms with Gasteiger partial charge in [0.05, 0.1) is 0 Å². The molecule has 2 rings (SSSR count). The molecule has 1 heterocycles. The van der Waals surface area contributed by atoms with Gasteiger partial charge >= 0.3 is 0 Å². The van der Waals surface area contributed by atoms with E-state index in [-0.39, 0.29) is 0 Å². The highest BCUT2D eigenvalue weighted by Crippen LogP contribution is 2.36. The summed E-state index contributed by atoms with van der Waals surface area (Å²) in [6.07, 6.45) is 4.03. The third-order valence-corrected chi connectivity index (χ3v) is 4.83. The van der Waals surface area contributed by atoms with Gasteiger partial charge in [-0.3, -0.25) is 0 Å². The van der Waals surface area contributed by atoms with Crippen molar-refractivity contribution in [2.45, 2.75) is 40.0 Å². The molecule has 0 aromatic heterocycles. The van der Waals surface area contributed by atoms with Gasteiger partial charge in [-0.2, -0.15) is 0 Å². The summed E-state index contributed by atoms with van der Waals surface area (Å²) in [5.74, 6) is 0. The maximum absolute atomic E-state index is 3.52. The largest absolute Gasteiger partial charge is 0.384 e. The van der Waals surface area contributed by atoms with E-state index in [4.69, 9.17) is 0 Å². The van der Waals surface area contributed by atoms with E-state index >= 15 is 0 Å². The number of likely N-dealkylation sites (tertiary alicyclic amines) is 1. The molecule has 1 aliphatic rings. The molecule has 0 atom stereocenters. The number of nitrogens with one attached hydrogen (secondary N) is 1. The standard InChI is InChI=1S/C17H28N2/c1-4-17(5-2)10-12-19(14-17)13-11-18-16-8-6-15(3)7-9-16/h6-9,18H,4-5,10-14H2,1-3H3. The van der Waals surface area contributed by atoms with E-state index in [0.717, 1.165) is 13.1 Å². The Hall–Kier alpha value is -1.02. The summed E-state index contributed by atoms with van der Waals surface area (Å²) in [5.41, 5.74) is 3.16. The number of benzene rings is 1. The van der Waals surface area contributed by atoms with Crippen LogP contribution in [0, 0.1) is 12.3 Å². The highest BCUT2D eigenvalue weighted by molar-refractivity contribution is 5.44. The fourth-order valence-corrected chi connectivity index (χ4v) is 3.08. The summed E-state index contributed by atoms with van der Waals surface area (Å²) in [5, 5.41) is 3.52. The SMILES string of the molecule is CCC1(CC)CCN(CCNc2ccc(C)cc2)C1. The average Bonchev–Trinajstić information content (AvgIpc) is 2.85. The number of anilines is 1. The van der Waals surface area contributed by atoms with Crippen LogP contribution in [0.25, 0.3) is 0 Å². The number of rotatable bonds is 6. The fourth-order valence-electron chi connectivity index (χ4n) is 3.08. The molecule has 1 N–H and O–H groups in total. The zero-order valence-electron chi connectivity index (χ0n) is 12.7. The highest BCUT2D eigenvalue weighted by Gasteiger charge is 2.34. The molecule has 19 heavy (non-hydrogen) atoms. The quantitative estimate of drug-likeness (QED) is 0.834. The van der Waals surface area contributed by atoms with Crippen molar-refractivity contribution in [2.24, 2.45) is 5.41 Å². The number of hydrogen-bond acceptors (Lipinski definition) is 2. The van der Waals surface area contributed by atoms with Gasteiger partial charge in [-0.15, -0.1) is 0 Å². The molecule has 2 heteroatoms. The van der Waals surface area contributed by atoms with E-state index < -0.39 is 0 Å². The van der Waals surface area contributed by atoms with Crippen molar-refractivity contribution in [3.8, 4) is 0 Å². The molecule has 1 aromatic carbocycles. The summed E-state index contributed by atoms with van der Waals surface area (Å²) in [6, 6.07) is 8.66. The van der Waals surface area contributed by atoms with Crippen LogP contribution < -0.4 is 5.32 Å². The molecule has 0 spiro atoms. The number of nitrogens with zero attached hydrogens (tertiary/aromatic N) is 1. The lowest BCUT2D eigenvalue weighted by molar-refractivity contribution is 0.245. The summed E-state index contributed by atoms with van der Waals surface area (Å²) in [6.45, 7) is 11.6. The second-order valence-electron chi connectivity index (χ2n) is 6.03. The second-order valence-corrected chi connectivity index (χ2v) is 6.03. The van der Waals surface area contributed by atoms with Crippen molar-refractivity contribution in [2.75, 3.05) is 31.5 Å². The van der Waals surface area contributed by atoms with E-state index in [0.29, 0.717) is 5.41 Å². The first-order valence-corrected chi connectivity index (χ1v) is 7.70. The van der Waals surface area contributed by atoms with Crippen LogP contribution in [0.3, 0.4) is 0 Å². The molecule has 2 nitrogen and oxygen atoms in total. The van der Waals surface area contributed by atoms with Gasteiger partial charge in [0.25, 0.3) is 0 Å². The third-order valence-electron chi connectivity index (χ3n) is 4.83. The first kappa shape index (κ1) is 14.4. The molecule has 1 aliphatic heterocycles. The van der Waals surface area contributed by atoms with Crippen LogP contribution in [-0.4, -0.2) is 31.1 Å². The molecule has 0 aliphatic carbocycles. The van der Waals surface area contributed by atoms with Crippen molar-refractivity contribution < 1.29 is 0 Å². The van der Waals surface area contributed by atoms with Crippen molar-refractivity contribution in [3.63, 3.8) is 0 Å². The van der Waals surface area contributed by atoms with E-state index in [1.165, 1.54) is 43.6 Å². The second kappa shape index (κ2) is 6.42. The maximum Gasteiger partial charge on any atom is 0.0340 e. The predicted molar refractivity (Wildman–Crippen MR) is 83.7 cm³/mol. The molecule has 1 saturated heterocycles. The Kier molecular flexibility index (Phi) is 4.87. The van der Waals surface area contributed by atoms with Crippen molar-refractivity contribution >= 4 is 5.69 Å². The Morgan fingerprint density at radius 1 is 1.16 bits per heavy atom. The van der Waals surface area contributed by atoms with Crippen LogP contribution >= 0.6 is 0 Å². The predicted octanol–water partition coefficient (Wildman–Crippen LogP) is 3.92. The summed E-state index contributed by atoms with van der Waals surface area (Å²) >= 11 is 0. The molecule has 0 unspecified atom stereocenters. The lowest BCUT2D eigenvalue weighted by atomic mass is 9.82. The summed E-state index contributed by atoms with van der Waals surface area (Å²) in [4.78, 5) is 2.62. The van der Waals surface area contributed by atoms with Gasteiger partial charge < -0.3 is 10.2 Å². The van der Waals surface area contributed by atoms with Crippen LogP contribution in [0.5, 0.6) is 0 Å². The zero-order chi connectivity index (χ0) is 13.7. The Bertz CT molecular complexity index is 379. The molecular weight excluding hydrogens is 232 g/mol. The van der Waals surface area contributed by atoms with E-state index in [9.17, 15) is 0 Å². The Morgan fingerprint density at radius 2 is 1.84 bits per heavy atom. The van der Waals surface area contributed by atoms with E-state index in [1.54, 1.807) is 0 Å². The van der Waals surface area contributed by atoms with Crippen molar-refractivity contribution in [1.29, 1.82) is 0 Å². The van der Waals surface area contributed by atoms with Gasteiger partial charge in [0.2, 0.25) is 0 Å². The minimum Gasteiger partial charge on any atom is -0.384 e. The monoisotopic (exact) mass is 260 g/mol. The Labute approximate surface area is 118 Å². The first-order chi connectivity index (χ1) is 9.17. The van der Waals surface area contributed by atoms with Gasteiger partial charge in [0.1, 0.15) is 0 Å². The van der Waals surface area contributed by atoms with Gasteiger partial charge in [-0.1, -0.05) is 31.5 Å². The molecule has 0 amide bonds. The smallest absolute Gasteiger partial charge is 0.0340 e. The minimum atomic E-state index is 0.601. The minimum absolute atomic E-state index is 0.601. The maximum atomic E-state index is 3.52. The van der Waals surface area contributed by atoms with Gasteiger partial charge in [0, 0.05) is 25.3 Å².